The molecule has 0 spiro atoms. The average molecular weight is 251 g/mol. The first-order chi connectivity index (χ1) is 8.31. The van der Waals surface area contributed by atoms with Crippen LogP contribution >= 0.6 is 11.8 Å². The normalized spacial score (nSPS) is 23.5. The zero-order valence-corrected chi connectivity index (χ0v) is 11.2. The van der Waals surface area contributed by atoms with Gasteiger partial charge in [-0.05, 0) is 12.0 Å². The maximum atomic E-state index is 9.83. The molecule has 0 bridgehead atoms. The van der Waals surface area contributed by atoms with Crippen molar-refractivity contribution in [1.29, 1.82) is 0 Å². The molecular formula is C14H21NOS. The second kappa shape index (κ2) is 6.43. The van der Waals surface area contributed by atoms with Crippen molar-refractivity contribution < 1.29 is 5.11 Å². The lowest BCUT2D eigenvalue weighted by molar-refractivity contribution is 0.0916. The van der Waals surface area contributed by atoms with Crippen LogP contribution in [0.5, 0.6) is 0 Å². The highest BCUT2D eigenvalue weighted by atomic mass is 32.2. The van der Waals surface area contributed by atoms with Gasteiger partial charge in [-0.2, -0.15) is 11.8 Å². The molecule has 2 nitrogen and oxygen atoms in total. The number of rotatable bonds is 4. The predicted octanol–water partition coefficient (Wildman–Crippen LogP) is 2.55. The van der Waals surface area contributed by atoms with Gasteiger partial charge in [0, 0.05) is 30.6 Å². The van der Waals surface area contributed by atoms with Gasteiger partial charge in [0.2, 0.25) is 0 Å². The Kier molecular flexibility index (Phi) is 4.89. The second-order valence-electron chi connectivity index (χ2n) is 4.56. The highest BCUT2D eigenvalue weighted by Crippen LogP contribution is 2.29. The van der Waals surface area contributed by atoms with Gasteiger partial charge >= 0.3 is 0 Å². The van der Waals surface area contributed by atoms with Crippen LogP contribution in [0.1, 0.15) is 24.9 Å². The molecule has 2 rings (SSSR count). The van der Waals surface area contributed by atoms with Crippen molar-refractivity contribution in [1.82, 2.24) is 4.90 Å². The minimum absolute atomic E-state index is 0.190. The summed E-state index contributed by atoms with van der Waals surface area (Å²) >= 11 is 2.01. The fourth-order valence-corrected chi connectivity index (χ4v) is 3.40. The summed E-state index contributed by atoms with van der Waals surface area (Å²) in [5.41, 5.74) is 1.38. The van der Waals surface area contributed by atoms with Crippen molar-refractivity contribution >= 4 is 11.8 Å². The third kappa shape index (κ3) is 3.47. The third-order valence-electron chi connectivity index (χ3n) is 3.34. The van der Waals surface area contributed by atoms with Crippen LogP contribution < -0.4 is 0 Å². The van der Waals surface area contributed by atoms with Gasteiger partial charge in [0.05, 0.1) is 6.10 Å². The number of aliphatic hydroxyl groups is 1. The minimum Gasteiger partial charge on any atom is -0.392 e. The lowest BCUT2D eigenvalue weighted by atomic mass is 10.1. The Hall–Kier alpha value is -0.510. The van der Waals surface area contributed by atoms with E-state index >= 15 is 0 Å². The molecule has 1 N–H and O–H groups in total. The van der Waals surface area contributed by atoms with E-state index in [1.54, 1.807) is 0 Å². The van der Waals surface area contributed by atoms with Crippen LogP contribution in [-0.4, -0.2) is 40.7 Å². The maximum absolute atomic E-state index is 9.83. The Bertz CT molecular complexity index is 330. The van der Waals surface area contributed by atoms with Crippen molar-refractivity contribution in [2.45, 2.75) is 25.5 Å². The lowest BCUT2D eigenvalue weighted by Crippen LogP contribution is -2.40. The quantitative estimate of drug-likeness (QED) is 0.889. The Balaban J connectivity index is 2.07. The summed E-state index contributed by atoms with van der Waals surface area (Å²) in [5, 5.41) is 9.83. The maximum Gasteiger partial charge on any atom is 0.0664 e. The number of β-amino-alcohol motifs (C(OH)–C–C–N with tert-alkyl or cyclic N) is 1. The molecule has 3 heteroatoms. The van der Waals surface area contributed by atoms with E-state index in [2.05, 4.69) is 35.2 Å². The molecule has 1 fully saturated rings. The molecule has 1 aliphatic rings. The number of thioether (sulfide) groups is 1. The molecule has 1 heterocycles. The summed E-state index contributed by atoms with van der Waals surface area (Å²) in [6.07, 6.45) is 0.648. The lowest BCUT2D eigenvalue weighted by Gasteiger charge is -2.36. The van der Waals surface area contributed by atoms with E-state index < -0.39 is 0 Å². The van der Waals surface area contributed by atoms with Gasteiger partial charge < -0.3 is 5.11 Å². The van der Waals surface area contributed by atoms with Crippen LogP contribution in [0.25, 0.3) is 0 Å². The predicted molar refractivity (Wildman–Crippen MR) is 74.4 cm³/mol. The average Bonchev–Trinajstić information content (AvgIpc) is 2.40. The van der Waals surface area contributed by atoms with Gasteiger partial charge in [-0.1, -0.05) is 37.3 Å². The molecular weight excluding hydrogens is 230 g/mol. The molecule has 0 aromatic heterocycles. The largest absolute Gasteiger partial charge is 0.392 e. The smallest absolute Gasteiger partial charge is 0.0664 e. The number of aliphatic hydroxyl groups excluding tert-OH is 1. The minimum atomic E-state index is -0.190. The van der Waals surface area contributed by atoms with Gasteiger partial charge in [-0.15, -0.1) is 0 Å². The fourth-order valence-electron chi connectivity index (χ4n) is 2.24. The second-order valence-corrected chi connectivity index (χ2v) is 5.71. The van der Waals surface area contributed by atoms with Crippen LogP contribution in [0.3, 0.4) is 0 Å². The third-order valence-corrected chi connectivity index (χ3v) is 4.36. The van der Waals surface area contributed by atoms with E-state index in [0.717, 1.165) is 25.3 Å². The van der Waals surface area contributed by atoms with Gasteiger partial charge in [0.1, 0.15) is 0 Å². The molecule has 0 radical (unpaired) electrons. The molecule has 1 aromatic carbocycles. The van der Waals surface area contributed by atoms with Crippen molar-refractivity contribution in [2.24, 2.45) is 0 Å². The highest BCUT2D eigenvalue weighted by Gasteiger charge is 2.25. The van der Waals surface area contributed by atoms with E-state index in [9.17, 15) is 5.11 Å². The number of benzene rings is 1. The van der Waals surface area contributed by atoms with Crippen molar-refractivity contribution in [2.75, 3.05) is 24.6 Å². The molecule has 0 saturated carbocycles. The van der Waals surface area contributed by atoms with E-state index in [4.69, 9.17) is 0 Å². The van der Waals surface area contributed by atoms with Crippen LogP contribution in [0.4, 0.5) is 0 Å². The van der Waals surface area contributed by atoms with Crippen molar-refractivity contribution in [3.05, 3.63) is 35.9 Å². The first kappa shape index (κ1) is 12.9. The Morgan fingerprint density at radius 3 is 2.88 bits per heavy atom. The standard InChI is InChI=1S/C14H21NOS/c1-2-13(16)10-15-8-9-17-11-14(15)12-6-4-3-5-7-12/h3-7,13-14,16H,2,8-11H2,1H3/t13-,14-/m0/s1. The first-order valence-electron chi connectivity index (χ1n) is 6.36. The van der Waals surface area contributed by atoms with Crippen LogP contribution in [0, 0.1) is 0 Å². The van der Waals surface area contributed by atoms with E-state index in [-0.39, 0.29) is 6.10 Å². The Labute approximate surface area is 108 Å². The number of nitrogens with zero attached hydrogens (tertiary/aromatic N) is 1. The summed E-state index contributed by atoms with van der Waals surface area (Å²) in [5.74, 6) is 2.32. The van der Waals surface area contributed by atoms with E-state index in [1.165, 1.54) is 11.3 Å². The van der Waals surface area contributed by atoms with Gasteiger partial charge in [0.15, 0.2) is 0 Å². The molecule has 1 aliphatic heterocycles. The SMILES string of the molecule is CC[C@H](O)CN1CCSC[C@H]1c1ccccc1. The molecule has 1 saturated heterocycles. The highest BCUT2D eigenvalue weighted by molar-refractivity contribution is 7.99. The van der Waals surface area contributed by atoms with Crippen molar-refractivity contribution in [3.8, 4) is 0 Å². The number of hydrogen-bond donors (Lipinski definition) is 1. The van der Waals surface area contributed by atoms with E-state index in [0.29, 0.717) is 6.04 Å². The van der Waals surface area contributed by atoms with Gasteiger partial charge in [-0.25, -0.2) is 0 Å². The Morgan fingerprint density at radius 2 is 2.18 bits per heavy atom. The molecule has 1 aromatic rings. The molecule has 17 heavy (non-hydrogen) atoms. The molecule has 0 unspecified atom stereocenters. The fraction of sp³-hybridized carbons (Fsp3) is 0.571. The topological polar surface area (TPSA) is 23.5 Å². The molecule has 2 atom stereocenters. The van der Waals surface area contributed by atoms with Crippen LogP contribution in [0.2, 0.25) is 0 Å². The summed E-state index contributed by atoms with van der Waals surface area (Å²) in [7, 11) is 0. The summed E-state index contributed by atoms with van der Waals surface area (Å²) in [6, 6.07) is 11.1. The molecule has 94 valence electrons. The molecule has 0 aliphatic carbocycles. The van der Waals surface area contributed by atoms with Crippen LogP contribution in [0.15, 0.2) is 30.3 Å². The zero-order valence-electron chi connectivity index (χ0n) is 10.4. The van der Waals surface area contributed by atoms with Crippen molar-refractivity contribution in [3.63, 3.8) is 0 Å². The van der Waals surface area contributed by atoms with E-state index in [1.807, 2.05) is 18.7 Å². The summed E-state index contributed by atoms with van der Waals surface area (Å²) < 4.78 is 0. The van der Waals surface area contributed by atoms with Gasteiger partial charge in [-0.3, -0.25) is 4.90 Å². The monoisotopic (exact) mass is 251 g/mol. The van der Waals surface area contributed by atoms with Crippen LogP contribution in [-0.2, 0) is 0 Å². The zero-order chi connectivity index (χ0) is 12.1. The summed E-state index contributed by atoms with van der Waals surface area (Å²) in [4.78, 5) is 2.43. The Morgan fingerprint density at radius 1 is 1.41 bits per heavy atom. The van der Waals surface area contributed by atoms with Gasteiger partial charge in [0.25, 0.3) is 0 Å². The first-order valence-corrected chi connectivity index (χ1v) is 7.51. The summed E-state index contributed by atoms with van der Waals surface area (Å²) in [6.45, 7) is 3.93. The number of hydrogen-bond acceptors (Lipinski definition) is 3. The molecule has 0 amide bonds.